The topological polar surface area (TPSA) is 55.1 Å². The van der Waals surface area contributed by atoms with Crippen LogP contribution in [-0.2, 0) is 24.2 Å². The Balaban J connectivity index is 0.000000980. The van der Waals surface area contributed by atoms with Gasteiger partial charge in [-0.05, 0) is 25.7 Å². The van der Waals surface area contributed by atoms with Crippen LogP contribution < -0.4 is 0 Å². The van der Waals surface area contributed by atoms with Crippen LogP contribution in [-0.4, -0.2) is 20.6 Å². The minimum Gasteiger partial charge on any atom is -0.480 e. The predicted molar refractivity (Wildman–Crippen MR) is 53.8 cm³/mol. The van der Waals surface area contributed by atoms with Gasteiger partial charge in [0.15, 0.2) is 0 Å². The molecule has 0 amide bonds. The van der Waals surface area contributed by atoms with E-state index in [1.807, 2.05) is 0 Å². The summed E-state index contributed by atoms with van der Waals surface area (Å²) in [6.07, 6.45) is 5.95. The maximum Gasteiger partial charge on any atom is 0.323 e. The average molecular weight is 217 g/mol. The van der Waals surface area contributed by atoms with Gasteiger partial charge in [-0.2, -0.15) is 0 Å². The van der Waals surface area contributed by atoms with Gasteiger partial charge in [-0.3, -0.25) is 4.79 Å². The van der Waals surface area contributed by atoms with E-state index < -0.39 is 5.97 Å². The van der Waals surface area contributed by atoms with Gasteiger partial charge >= 0.3 is 5.97 Å². The number of nitrogens with zero attached hydrogens (tertiary/aromatic N) is 2. The average Bonchev–Trinajstić information content (AvgIpc) is 2.48. The van der Waals surface area contributed by atoms with E-state index in [2.05, 4.69) is 4.98 Å². The van der Waals surface area contributed by atoms with Crippen molar-refractivity contribution in [3.8, 4) is 0 Å². The van der Waals surface area contributed by atoms with Crippen molar-refractivity contribution >= 4 is 18.4 Å². The zero-order valence-corrected chi connectivity index (χ0v) is 8.59. The van der Waals surface area contributed by atoms with Crippen LogP contribution >= 0.6 is 12.4 Å². The van der Waals surface area contributed by atoms with Crippen molar-refractivity contribution in [3.05, 3.63) is 17.7 Å². The van der Waals surface area contributed by atoms with Crippen LogP contribution in [0.2, 0.25) is 0 Å². The lowest BCUT2D eigenvalue weighted by atomic mass is 10.0. The minimum absolute atomic E-state index is 0. The molecular formula is C9H13ClN2O2. The first kappa shape index (κ1) is 11.0. The second kappa shape index (κ2) is 4.46. The number of fused-ring (bicyclic) bond motifs is 1. The fourth-order valence-corrected chi connectivity index (χ4v) is 1.81. The fraction of sp³-hybridized carbons (Fsp3) is 0.556. The Morgan fingerprint density at radius 2 is 2.21 bits per heavy atom. The van der Waals surface area contributed by atoms with Crippen molar-refractivity contribution in [1.29, 1.82) is 0 Å². The summed E-state index contributed by atoms with van der Waals surface area (Å²) >= 11 is 0. The zero-order chi connectivity index (χ0) is 9.26. The van der Waals surface area contributed by atoms with E-state index in [0.29, 0.717) is 0 Å². The van der Waals surface area contributed by atoms with Crippen molar-refractivity contribution in [3.63, 3.8) is 0 Å². The van der Waals surface area contributed by atoms with Crippen molar-refractivity contribution in [1.82, 2.24) is 9.55 Å². The summed E-state index contributed by atoms with van der Waals surface area (Å²) < 4.78 is 1.75. The van der Waals surface area contributed by atoms with E-state index in [4.69, 9.17) is 5.11 Å². The van der Waals surface area contributed by atoms with Gasteiger partial charge in [0.25, 0.3) is 0 Å². The maximum absolute atomic E-state index is 10.5. The smallest absolute Gasteiger partial charge is 0.323 e. The van der Waals surface area contributed by atoms with Crippen molar-refractivity contribution in [2.24, 2.45) is 0 Å². The largest absolute Gasteiger partial charge is 0.480 e. The highest BCUT2D eigenvalue weighted by Crippen LogP contribution is 2.19. The van der Waals surface area contributed by atoms with Crippen molar-refractivity contribution in [2.45, 2.75) is 32.2 Å². The molecule has 0 unspecified atom stereocenters. The third-order valence-corrected chi connectivity index (χ3v) is 2.42. The summed E-state index contributed by atoms with van der Waals surface area (Å²) in [5, 5.41) is 8.64. The number of hydrogen-bond donors (Lipinski definition) is 1. The summed E-state index contributed by atoms with van der Waals surface area (Å²) in [6.45, 7) is 0.0440. The highest BCUT2D eigenvalue weighted by Gasteiger charge is 2.15. The lowest BCUT2D eigenvalue weighted by molar-refractivity contribution is -0.137. The Morgan fingerprint density at radius 3 is 2.93 bits per heavy atom. The van der Waals surface area contributed by atoms with Gasteiger partial charge in [-0.1, -0.05) is 0 Å². The molecule has 5 heteroatoms. The number of aromatic nitrogens is 2. The van der Waals surface area contributed by atoms with E-state index in [1.54, 1.807) is 10.9 Å². The summed E-state index contributed by atoms with van der Waals surface area (Å²) in [5.74, 6) is -0.800. The van der Waals surface area contributed by atoms with Crippen LogP contribution in [0.5, 0.6) is 0 Å². The van der Waals surface area contributed by atoms with Crippen molar-refractivity contribution in [2.75, 3.05) is 0 Å². The van der Waals surface area contributed by atoms with Crippen LogP contribution in [0.1, 0.15) is 24.2 Å². The molecule has 0 bridgehead atoms. The lowest BCUT2D eigenvalue weighted by Gasteiger charge is -2.12. The molecule has 0 aliphatic heterocycles. The van der Waals surface area contributed by atoms with Gasteiger partial charge in [0.1, 0.15) is 6.54 Å². The van der Waals surface area contributed by atoms with E-state index >= 15 is 0 Å². The number of hydrogen-bond acceptors (Lipinski definition) is 2. The molecule has 78 valence electrons. The lowest BCUT2D eigenvalue weighted by Crippen LogP contribution is -2.13. The molecular weight excluding hydrogens is 204 g/mol. The maximum atomic E-state index is 10.5. The van der Waals surface area contributed by atoms with Crippen LogP contribution in [0.15, 0.2) is 6.33 Å². The van der Waals surface area contributed by atoms with Gasteiger partial charge in [0, 0.05) is 5.69 Å². The van der Waals surface area contributed by atoms with Gasteiger partial charge in [-0.25, -0.2) is 4.98 Å². The normalized spacial score (nSPS) is 14.3. The molecule has 0 radical (unpaired) electrons. The van der Waals surface area contributed by atoms with Gasteiger partial charge in [0.05, 0.1) is 12.0 Å². The summed E-state index contributed by atoms with van der Waals surface area (Å²) in [5.41, 5.74) is 2.21. The van der Waals surface area contributed by atoms with E-state index in [0.717, 1.165) is 30.7 Å². The highest BCUT2D eigenvalue weighted by atomic mass is 35.5. The first-order valence-electron chi connectivity index (χ1n) is 4.52. The second-order valence-corrected chi connectivity index (χ2v) is 3.37. The van der Waals surface area contributed by atoms with Crippen molar-refractivity contribution < 1.29 is 9.90 Å². The monoisotopic (exact) mass is 216 g/mol. The standard InChI is InChI=1S/C9H12N2O2.ClH/c12-9(13)5-11-6-10-7-3-1-2-4-8(7)11;/h6H,1-5H2,(H,12,13);1H. The SMILES string of the molecule is Cl.O=C(O)Cn1cnc2c1CCCC2. The molecule has 0 saturated heterocycles. The number of aliphatic carboxylic acids is 1. The van der Waals surface area contributed by atoms with E-state index in [-0.39, 0.29) is 19.0 Å². The molecule has 0 saturated carbocycles. The molecule has 1 aromatic heterocycles. The molecule has 1 aromatic rings. The molecule has 14 heavy (non-hydrogen) atoms. The molecule has 1 N–H and O–H groups in total. The Bertz CT molecular complexity index is 336. The molecule has 0 aromatic carbocycles. The Labute approximate surface area is 88.4 Å². The Kier molecular flexibility index (Phi) is 3.52. The first-order valence-corrected chi connectivity index (χ1v) is 4.52. The predicted octanol–water partition coefficient (Wildman–Crippen LogP) is 1.27. The number of imidazole rings is 1. The number of carbonyl (C=O) groups is 1. The third kappa shape index (κ3) is 2.07. The fourth-order valence-electron chi connectivity index (χ4n) is 1.81. The number of aryl methyl sites for hydroxylation is 1. The molecule has 0 fully saturated rings. The zero-order valence-electron chi connectivity index (χ0n) is 7.77. The quantitative estimate of drug-likeness (QED) is 0.810. The first-order chi connectivity index (χ1) is 6.27. The summed E-state index contributed by atoms with van der Waals surface area (Å²) in [7, 11) is 0. The van der Waals surface area contributed by atoms with Crippen LogP contribution in [0, 0.1) is 0 Å². The molecule has 0 atom stereocenters. The summed E-state index contributed by atoms with van der Waals surface area (Å²) in [6, 6.07) is 0. The molecule has 4 nitrogen and oxygen atoms in total. The molecule has 2 rings (SSSR count). The van der Waals surface area contributed by atoms with Gasteiger partial charge < -0.3 is 9.67 Å². The molecule has 1 aliphatic rings. The number of carboxylic acids is 1. The number of rotatable bonds is 2. The number of carboxylic acid groups (broad SMARTS) is 1. The highest BCUT2D eigenvalue weighted by molar-refractivity contribution is 5.85. The van der Waals surface area contributed by atoms with Crippen LogP contribution in [0.3, 0.4) is 0 Å². The Hall–Kier alpha value is -1.03. The van der Waals surface area contributed by atoms with Gasteiger partial charge in [-0.15, -0.1) is 12.4 Å². The van der Waals surface area contributed by atoms with E-state index in [1.165, 1.54) is 6.42 Å². The third-order valence-electron chi connectivity index (χ3n) is 2.42. The van der Waals surface area contributed by atoms with Gasteiger partial charge in [0.2, 0.25) is 0 Å². The number of halogens is 1. The molecule has 1 heterocycles. The molecule has 0 spiro atoms. The molecule has 1 aliphatic carbocycles. The Morgan fingerprint density at radius 1 is 1.50 bits per heavy atom. The minimum atomic E-state index is -0.800. The van der Waals surface area contributed by atoms with Crippen LogP contribution in [0.4, 0.5) is 0 Å². The second-order valence-electron chi connectivity index (χ2n) is 3.37. The van der Waals surface area contributed by atoms with E-state index in [9.17, 15) is 4.79 Å². The van der Waals surface area contributed by atoms with Crippen LogP contribution in [0.25, 0.3) is 0 Å². The summed E-state index contributed by atoms with van der Waals surface area (Å²) in [4.78, 5) is 14.7.